The third kappa shape index (κ3) is 5.11. The molecule has 1 aromatic heterocycles. The van der Waals surface area contributed by atoms with Gasteiger partial charge in [-0.05, 0) is 73.1 Å². The number of aromatic amines is 1. The van der Waals surface area contributed by atoms with E-state index in [1.54, 1.807) is 45.2 Å². The first-order valence-corrected chi connectivity index (χ1v) is 11.8. The summed E-state index contributed by atoms with van der Waals surface area (Å²) in [5.74, 6) is -0.688. The summed E-state index contributed by atoms with van der Waals surface area (Å²) in [6.45, 7) is 4.62. The highest BCUT2D eigenvalue weighted by molar-refractivity contribution is 9.10. The van der Waals surface area contributed by atoms with Crippen molar-refractivity contribution < 1.29 is 17.9 Å². The number of nitrogens with zero attached hydrogens (tertiary/aromatic N) is 1. The maximum Gasteiger partial charge on any atom is 0.327 e. The first-order valence-electron chi connectivity index (χ1n) is 8.84. The molecule has 0 bridgehead atoms. The summed E-state index contributed by atoms with van der Waals surface area (Å²) >= 11 is 15.5. The molecular weight excluding hydrogens is 515 g/mol. The molecule has 2 aromatic carbocycles. The minimum absolute atomic E-state index is 0.128. The van der Waals surface area contributed by atoms with Crippen LogP contribution in [0, 0.1) is 0 Å². The van der Waals surface area contributed by atoms with Crippen LogP contribution in [0.2, 0.25) is 10.0 Å². The molecule has 0 atom stereocenters. The van der Waals surface area contributed by atoms with Gasteiger partial charge in [0.15, 0.2) is 0 Å². The number of carbonyl (C=O) groups is 1. The Hall–Kier alpha value is -1.74. The van der Waals surface area contributed by atoms with Crippen LogP contribution in [0.25, 0.3) is 10.9 Å². The van der Waals surface area contributed by atoms with Gasteiger partial charge in [0.1, 0.15) is 12.1 Å². The summed E-state index contributed by atoms with van der Waals surface area (Å²) in [6.07, 6.45) is 1.75. The van der Waals surface area contributed by atoms with Gasteiger partial charge in [-0.3, -0.25) is 9.10 Å². The number of nitrogens with one attached hydrogen (secondary N) is 1. The van der Waals surface area contributed by atoms with Crippen molar-refractivity contribution in [1.82, 2.24) is 4.98 Å². The molecule has 0 fully saturated rings. The van der Waals surface area contributed by atoms with Crippen LogP contribution in [0.5, 0.6) is 0 Å². The maximum atomic E-state index is 13.5. The number of hydrogen-bond donors (Lipinski definition) is 1. The van der Waals surface area contributed by atoms with Crippen molar-refractivity contribution in [3.8, 4) is 0 Å². The zero-order chi connectivity index (χ0) is 22.3. The average Bonchev–Trinajstić information content (AvgIpc) is 2.98. The monoisotopic (exact) mass is 532 g/mol. The van der Waals surface area contributed by atoms with E-state index in [9.17, 15) is 13.2 Å². The Balaban J connectivity index is 2.12. The van der Waals surface area contributed by atoms with E-state index in [4.69, 9.17) is 27.9 Å². The predicted octanol–water partition coefficient (Wildman–Crippen LogP) is 5.77. The molecule has 0 saturated heterocycles. The number of esters is 1. The second-order valence-corrected chi connectivity index (χ2v) is 11.2. The van der Waals surface area contributed by atoms with Gasteiger partial charge in [0.2, 0.25) is 0 Å². The van der Waals surface area contributed by atoms with E-state index in [2.05, 4.69) is 20.9 Å². The Bertz CT molecular complexity index is 1200. The fourth-order valence-corrected chi connectivity index (χ4v) is 5.41. The third-order valence-electron chi connectivity index (χ3n) is 4.02. The topological polar surface area (TPSA) is 79.5 Å². The summed E-state index contributed by atoms with van der Waals surface area (Å²) in [5.41, 5.74) is 0.343. The van der Waals surface area contributed by atoms with Crippen LogP contribution >= 0.6 is 39.1 Å². The summed E-state index contributed by atoms with van der Waals surface area (Å²) < 4.78 is 34.1. The van der Waals surface area contributed by atoms with Crippen molar-refractivity contribution in [2.75, 3.05) is 10.8 Å². The molecule has 3 aromatic rings. The van der Waals surface area contributed by atoms with Gasteiger partial charge in [0, 0.05) is 31.6 Å². The fourth-order valence-electron chi connectivity index (χ4n) is 2.84. The molecule has 30 heavy (non-hydrogen) atoms. The third-order valence-corrected chi connectivity index (χ3v) is 6.86. The van der Waals surface area contributed by atoms with Gasteiger partial charge in [-0.25, -0.2) is 8.42 Å². The lowest BCUT2D eigenvalue weighted by Gasteiger charge is -2.26. The van der Waals surface area contributed by atoms with Gasteiger partial charge >= 0.3 is 5.97 Å². The number of H-pyrrole nitrogens is 1. The Kier molecular flexibility index (Phi) is 6.43. The summed E-state index contributed by atoms with van der Waals surface area (Å²) in [6, 6.07) is 9.02. The van der Waals surface area contributed by atoms with E-state index in [0.29, 0.717) is 5.69 Å². The molecule has 0 aliphatic carbocycles. The van der Waals surface area contributed by atoms with Crippen molar-refractivity contribution in [1.29, 1.82) is 0 Å². The molecule has 0 spiro atoms. The maximum absolute atomic E-state index is 13.5. The Labute approximate surface area is 193 Å². The number of sulfonamides is 1. The van der Waals surface area contributed by atoms with Crippen LogP contribution in [0.4, 0.5) is 5.69 Å². The summed E-state index contributed by atoms with van der Waals surface area (Å²) in [4.78, 5) is 15.5. The van der Waals surface area contributed by atoms with Gasteiger partial charge in [-0.15, -0.1) is 0 Å². The minimum atomic E-state index is -4.18. The number of carbonyl (C=O) groups excluding carboxylic acids is 1. The predicted molar refractivity (Wildman–Crippen MR) is 123 cm³/mol. The van der Waals surface area contributed by atoms with Crippen LogP contribution in [0.3, 0.4) is 0 Å². The van der Waals surface area contributed by atoms with Gasteiger partial charge in [-0.1, -0.05) is 23.2 Å². The van der Waals surface area contributed by atoms with Gasteiger partial charge in [0.05, 0.1) is 10.6 Å². The van der Waals surface area contributed by atoms with Gasteiger partial charge in [0.25, 0.3) is 10.0 Å². The van der Waals surface area contributed by atoms with Crippen LogP contribution in [0.1, 0.15) is 20.8 Å². The van der Waals surface area contributed by atoms with E-state index in [-0.39, 0.29) is 14.9 Å². The highest BCUT2D eigenvalue weighted by atomic mass is 79.9. The highest BCUT2D eigenvalue weighted by Gasteiger charge is 2.30. The zero-order valence-electron chi connectivity index (χ0n) is 16.4. The molecule has 1 heterocycles. The highest BCUT2D eigenvalue weighted by Crippen LogP contribution is 2.32. The lowest BCUT2D eigenvalue weighted by atomic mass is 10.2. The number of halogens is 3. The van der Waals surface area contributed by atoms with E-state index < -0.39 is 28.1 Å². The standard InChI is InChI=1S/C20H19BrCl2N2O4S/c1-20(2,3)29-19(26)11-25(14-4-5-18-16(9-14)17(21)10-24-18)30(27,28)15-7-12(22)6-13(23)8-15/h4-10,24H,11H2,1-3H3. The van der Waals surface area contributed by atoms with Crippen molar-refractivity contribution in [2.45, 2.75) is 31.3 Å². The van der Waals surface area contributed by atoms with Crippen molar-refractivity contribution in [3.63, 3.8) is 0 Å². The molecule has 3 rings (SSSR count). The largest absolute Gasteiger partial charge is 0.459 e. The molecular formula is C20H19BrCl2N2O4S. The quantitative estimate of drug-likeness (QED) is 0.422. The fraction of sp³-hybridized carbons (Fsp3) is 0.250. The number of ether oxygens (including phenoxy) is 1. The molecule has 10 heteroatoms. The zero-order valence-corrected chi connectivity index (χ0v) is 20.3. The van der Waals surface area contributed by atoms with Crippen molar-refractivity contribution in [3.05, 3.63) is 57.1 Å². The van der Waals surface area contributed by atoms with E-state index in [0.717, 1.165) is 19.7 Å². The first kappa shape index (κ1) is 22.9. The molecule has 0 radical (unpaired) electrons. The smallest absolute Gasteiger partial charge is 0.327 e. The van der Waals surface area contributed by atoms with E-state index >= 15 is 0 Å². The first-order chi connectivity index (χ1) is 13.9. The number of fused-ring (bicyclic) bond motifs is 1. The number of aromatic nitrogens is 1. The molecule has 0 saturated carbocycles. The number of rotatable bonds is 5. The SMILES string of the molecule is CC(C)(C)OC(=O)CN(c1ccc2[nH]cc(Br)c2c1)S(=O)(=O)c1cc(Cl)cc(Cl)c1. The summed E-state index contributed by atoms with van der Waals surface area (Å²) in [5, 5.41) is 1.10. The van der Waals surface area contributed by atoms with E-state index in [1.165, 1.54) is 18.2 Å². The van der Waals surface area contributed by atoms with Gasteiger partial charge < -0.3 is 9.72 Å². The molecule has 1 N–H and O–H groups in total. The summed E-state index contributed by atoms with van der Waals surface area (Å²) in [7, 11) is -4.18. The number of benzene rings is 2. The average molecular weight is 534 g/mol. The van der Waals surface area contributed by atoms with Crippen molar-refractivity contribution >= 4 is 71.7 Å². The molecule has 0 aliphatic rings. The number of anilines is 1. The van der Waals surface area contributed by atoms with Gasteiger partial charge in [-0.2, -0.15) is 0 Å². The van der Waals surface area contributed by atoms with Crippen LogP contribution in [-0.2, 0) is 19.6 Å². The Morgan fingerprint density at radius 3 is 2.37 bits per heavy atom. The van der Waals surface area contributed by atoms with Crippen molar-refractivity contribution in [2.24, 2.45) is 0 Å². The van der Waals surface area contributed by atoms with E-state index in [1.807, 2.05) is 0 Å². The molecule has 160 valence electrons. The normalized spacial score (nSPS) is 12.2. The Morgan fingerprint density at radius 1 is 1.13 bits per heavy atom. The van der Waals surface area contributed by atoms with Crippen LogP contribution < -0.4 is 4.31 Å². The van der Waals surface area contributed by atoms with Crippen LogP contribution in [0.15, 0.2) is 52.0 Å². The Morgan fingerprint density at radius 2 is 1.77 bits per heavy atom. The second kappa shape index (κ2) is 8.42. The molecule has 0 aliphatic heterocycles. The molecule has 6 nitrogen and oxygen atoms in total. The molecule has 0 unspecified atom stereocenters. The minimum Gasteiger partial charge on any atom is -0.459 e. The number of hydrogen-bond acceptors (Lipinski definition) is 4. The van der Waals surface area contributed by atoms with Crippen LogP contribution in [-0.4, -0.2) is 31.5 Å². The lowest BCUT2D eigenvalue weighted by Crippen LogP contribution is -2.39. The second-order valence-electron chi connectivity index (χ2n) is 7.57. The molecule has 0 amide bonds. The lowest BCUT2D eigenvalue weighted by molar-refractivity contribution is -0.152.